The van der Waals surface area contributed by atoms with E-state index in [0.717, 1.165) is 24.1 Å². The van der Waals surface area contributed by atoms with Crippen LogP contribution in [-0.4, -0.2) is 48.2 Å². The molecular formula is C20H22N4O3. The van der Waals surface area contributed by atoms with Crippen molar-refractivity contribution in [3.05, 3.63) is 54.1 Å². The normalized spacial score (nSPS) is 15.1. The van der Waals surface area contributed by atoms with Gasteiger partial charge in [0, 0.05) is 44.4 Å². The van der Waals surface area contributed by atoms with Crippen molar-refractivity contribution >= 4 is 11.6 Å². The minimum absolute atomic E-state index is 0.0700. The van der Waals surface area contributed by atoms with E-state index in [4.69, 9.17) is 8.83 Å². The first-order chi connectivity index (χ1) is 13.1. The summed E-state index contributed by atoms with van der Waals surface area (Å²) in [6.07, 6.45) is 3.19. The third kappa shape index (κ3) is 3.58. The molecule has 0 radical (unpaired) electrons. The molecule has 7 nitrogen and oxygen atoms in total. The molecule has 0 spiro atoms. The van der Waals surface area contributed by atoms with Gasteiger partial charge in [-0.05, 0) is 49.2 Å². The number of rotatable bonds is 4. The van der Waals surface area contributed by atoms with Gasteiger partial charge in [0.2, 0.25) is 5.89 Å². The van der Waals surface area contributed by atoms with E-state index in [2.05, 4.69) is 10.2 Å². The minimum Gasteiger partial charge on any atom is -0.459 e. The summed E-state index contributed by atoms with van der Waals surface area (Å²) < 4.78 is 11.0. The van der Waals surface area contributed by atoms with E-state index in [0.29, 0.717) is 30.6 Å². The molecule has 4 rings (SSSR count). The third-order valence-corrected chi connectivity index (χ3v) is 4.93. The third-order valence-electron chi connectivity index (χ3n) is 4.93. The van der Waals surface area contributed by atoms with Gasteiger partial charge in [0.1, 0.15) is 0 Å². The lowest BCUT2D eigenvalue weighted by Gasteiger charge is -2.30. The molecule has 140 valence electrons. The maximum absolute atomic E-state index is 12.7. The van der Waals surface area contributed by atoms with Crippen molar-refractivity contribution in [2.75, 3.05) is 32.1 Å². The zero-order valence-electron chi connectivity index (χ0n) is 15.5. The lowest BCUT2D eigenvalue weighted by atomic mass is 9.96. The molecule has 2 aromatic heterocycles. The number of anilines is 1. The Labute approximate surface area is 157 Å². The molecule has 1 aliphatic rings. The second-order valence-electron chi connectivity index (χ2n) is 6.93. The fourth-order valence-corrected chi connectivity index (χ4v) is 3.31. The van der Waals surface area contributed by atoms with E-state index in [1.165, 1.54) is 0 Å². The number of carbonyl (C=O) groups excluding carboxylic acids is 1. The number of carbonyl (C=O) groups is 1. The van der Waals surface area contributed by atoms with Crippen LogP contribution in [0.3, 0.4) is 0 Å². The summed E-state index contributed by atoms with van der Waals surface area (Å²) in [6, 6.07) is 11.3. The number of benzene rings is 1. The maximum Gasteiger partial charge on any atom is 0.283 e. The van der Waals surface area contributed by atoms with Gasteiger partial charge in [-0.2, -0.15) is 0 Å². The van der Waals surface area contributed by atoms with E-state index >= 15 is 0 Å². The predicted octanol–water partition coefficient (Wildman–Crippen LogP) is 3.42. The standard InChI is InChI=1S/C20H22N4O3/c1-23(2)16-7-5-15(6-8-16)20(25)24-11-9-14(10-12-24)18-21-22-19(27-18)17-4-3-13-26-17/h3-8,13-14H,9-12H2,1-2H3. The van der Waals surface area contributed by atoms with Crippen LogP contribution in [0.25, 0.3) is 11.7 Å². The Bertz CT molecular complexity index is 892. The van der Waals surface area contributed by atoms with Crippen molar-refractivity contribution in [2.45, 2.75) is 18.8 Å². The van der Waals surface area contributed by atoms with Gasteiger partial charge in [0.05, 0.1) is 6.26 Å². The number of amides is 1. The quantitative estimate of drug-likeness (QED) is 0.704. The Morgan fingerprint density at radius 3 is 2.48 bits per heavy atom. The molecule has 0 saturated carbocycles. The van der Waals surface area contributed by atoms with Crippen molar-refractivity contribution in [3.8, 4) is 11.7 Å². The Hall–Kier alpha value is -3.09. The predicted molar refractivity (Wildman–Crippen MR) is 101 cm³/mol. The average molecular weight is 366 g/mol. The minimum atomic E-state index is 0.0700. The first-order valence-electron chi connectivity index (χ1n) is 9.06. The number of aromatic nitrogens is 2. The molecule has 1 saturated heterocycles. The Morgan fingerprint density at radius 1 is 1.11 bits per heavy atom. The molecule has 0 bridgehead atoms. The number of piperidine rings is 1. The highest BCUT2D eigenvalue weighted by molar-refractivity contribution is 5.94. The molecule has 0 aliphatic carbocycles. The maximum atomic E-state index is 12.7. The van der Waals surface area contributed by atoms with Crippen LogP contribution in [-0.2, 0) is 0 Å². The van der Waals surface area contributed by atoms with Crippen LogP contribution in [0.4, 0.5) is 5.69 Å². The lowest BCUT2D eigenvalue weighted by molar-refractivity contribution is 0.0706. The zero-order valence-corrected chi connectivity index (χ0v) is 15.5. The number of hydrogen-bond acceptors (Lipinski definition) is 6. The second kappa shape index (κ2) is 7.26. The van der Waals surface area contributed by atoms with Gasteiger partial charge in [-0.3, -0.25) is 4.79 Å². The molecule has 1 amide bonds. The van der Waals surface area contributed by atoms with Crippen molar-refractivity contribution in [3.63, 3.8) is 0 Å². The smallest absolute Gasteiger partial charge is 0.283 e. The van der Waals surface area contributed by atoms with Gasteiger partial charge in [-0.25, -0.2) is 0 Å². The van der Waals surface area contributed by atoms with E-state index in [1.807, 2.05) is 48.2 Å². The summed E-state index contributed by atoms with van der Waals surface area (Å²) >= 11 is 0. The zero-order chi connectivity index (χ0) is 18.8. The summed E-state index contributed by atoms with van der Waals surface area (Å²) in [4.78, 5) is 16.6. The number of nitrogens with zero attached hydrogens (tertiary/aromatic N) is 4. The van der Waals surface area contributed by atoms with Crippen molar-refractivity contribution < 1.29 is 13.6 Å². The van der Waals surface area contributed by atoms with Gasteiger partial charge in [0.15, 0.2) is 5.76 Å². The first-order valence-corrected chi connectivity index (χ1v) is 9.06. The fraction of sp³-hybridized carbons (Fsp3) is 0.350. The van der Waals surface area contributed by atoms with E-state index in [-0.39, 0.29) is 11.8 Å². The van der Waals surface area contributed by atoms with Crippen LogP contribution in [0.15, 0.2) is 51.5 Å². The molecule has 0 atom stereocenters. The number of hydrogen-bond donors (Lipinski definition) is 0. The molecule has 27 heavy (non-hydrogen) atoms. The van der Waals surface area contributed by atoms with Gasteiger partial charge < -0.3 is 18.6 Å². The highest BCUT2D eigenvalue weighted by Gasteiger charge is 2.28. The number of likely N-dealkylation sites (tertiary alicyclic amines) is 1. The molecule has 1 fully saturated rings. The van der Waals surface area contributed by atoms with Crippen LogP contribution in [0.2, 0.25) is 0 Å². The summed E-state index contributed by atoms with van der Waals surface area (Å²) in [7, 11) is 3.97. The molecule has 7 heteroatoms. The van der Waals surface area contributed by atoms with Crippen LogP contribution in [0, 0.1) is 0 Å². The summed E-state index contributed by atoms with van der Waals surface area (Å²) in [6.45, 7) is 1.36. The molecule has 1 aromatic carbocycles. The molecular weight excluding hydrogens is 344 g/mol. The molecule has 3 heterocycles. The van der Waals surface area contributed by atoms with Gasteiger partial charge in [-0.1, -0.05) is 0 Å². The van der Waals surface area contributed by atoms with Crippen LogP contribution in [0.5, 0.6) is 0 Å². The Kier molecular flexibility index (Phi) is 4.66. The first kappa shape index (κ1) is 17.3. The van der Waals surface area contributed by atoms with Gasteiger partial charge >= 0.3 is 0 Å². The van der Waals surface area contributed by atoms with E-state index in [9.17, 15) is 4.79 Å². The van der Waals surface area contributed by atoms with E-state index < -0.39 is 0 Å². The summed E-state index contributed by atoms with van der Waals surface area (Å²) in [5.41, 5.74) is 1.80. The molecule has 0 N–H and O–H groups in total. The molecule has 0 unspecified atom stereocenters. The molecule has 3 aromatic rings. The monoisotopic (exact) mass is 366 g/mol. The second-order valence-corrected chi connectivity index (χ2v) is 6.93. The van der Waals surface area contributed by atoms with Crippen molar-refractivity contribution in [2.24, 2.45) is 0 Å². The van der Waals surface area contributed by atoms with Gasteiger partial charge in [0.25, 0.3) is 11.8 Å². The fourth-order valence-electron chi connectivity index (χ4n) is 3.31. The van der Waals surface area contributed by atoms with Crippen molar-refractivity contribution in [1.82, 2.24) is 15.1 Å². The Morgan fingerprint density at radius 2 is 1.85 bits per heavy atom. The SMILES string of the molecule is CN(C)c1ccc(C(=O)N2CCC(c3nnc(-c4ccco4)o3)CC2)cc1. The summed E-state index contributed by atoms with van der Waals surface area (Å²) in [5.74, 6) is 1.82. The summed E-state index contributed by atoms with van der Waals surface area (Å²) in [5, 5.41) is 8.23. The van der Waals surface area contributed by atoms with E-state index in [1.54, 1.807) is 18.4 Å². The van der Waals surface area contributed by atoms with Gasteiger partial charge in [-0.15, -0.1) is 10.2 Å². The average Bonchev–Trinajstić information content (AvgIpc) is 3.39. The van der Waals surface area contributed by atoms with Crippen LogP contribution >= 0.6 is 0 Å². The number of furan rings is 1. The Balaban J connectivity index is 1.38. The topological polar surface area (TPSA) is 75.6 Å². The van der Waals surface area contributed by atoms with Crippen LogP contribution in [0.1, 0.15) is 35.0 Å². The highest BCUT2D eigenvalue weighted by atomic mass is 16.4. The molecule has 1 aliphatic heterocycles. The lowest BCUT2D eigenvalue weighted by Crippen LogP contribution is -2.38. The largest absolute Gasteiger partial charge is 0.459 e. The van der Waals surface area contributed by atoms with Crippen molar-refractivity contribution in [1.29, 1.82) is 0 Å². The van der Waals surface area contributed by atoms with Crippen LogP contribution < -0.4 is 4.90 Å². The highest BCUT2D eigenvalue weighted by Crippen LogP contribution is 2.30.